The van der Waals surface area contributed by atoms with E-state index in [9.17, 15) is 23.3 Å². The summed E-state index contributed by atoms with van der Waals surface area (Å²) in [5.74, 6) is -0.608. The Balaban J connectivity index is 1.38. The van der Waals surface area contributed by atoms with Crippen LogP contribution in [-0.4, -0.2) is 38.5 Å². The summed E-state index contributed by atoms with van der Waals surface area (Å²) < 4.78 is 53.4. The number of hydrogen-bond donors (Lipinski definition) is 0. The zero-order valence-corrected chi connectivity index (χ0v) is 15.8. The molecule has 9 nitrogen and oxygen atoms in total. The molecular weight excluding hydrogens is 421 g/mol. The molecule has 4 rings (SSSR count). The van der Waals surface area contributed by atoms with Gasteiger partial charge < -0.3 is 24.3 Å². The van der Waals surface area contributed by atoms with Crippen LogP contribution in [0.3, 0.4) is 0 Å². The molecule has 3 aromatic rings. The molecule has 0 aliphatic carbocycles. The summed E-state index contributed by atoms with van der Waals surface area (Å²) in [6.45, 7) is 0.689. The largest absolute Gasteiger partial charge is 0.573 e. The smallest absolute Gasteiger partial charge is 0.443 e. The Hall–Kier alpha value is -3.67. The lowest BCUT2D eigenvalue weighted by molar-refractivity contribution is -0.389. The van der Waals surface area contributed by atoms with E-state index < -0.39 is 11.3 Å². The van der Waals surface area contributed by atoms with Gasteiger partial charge in [0.2, 0.25) is 0 Å². The van der Waals surface area contributed by atoms with Gasteiger partial charge in [-0.1, -0.05) is 6.07 Å². The van der Waals surface area contributed by atoms with E-state index in [1.165, 1.54) is 35.0 Å². The number of ether oxygens (including phenoxy) is 3. The maximum atomic E-state index is 12.3. The van der Waals surface area contributed by atoms with Crippen LogP contribution in [-0.2, 0) is 17.9 Å². The number of aromatic nitrogens is 3. The van der Waals surface area contributed by atoms with Crippen molar-refractivity contribution in [3.63, 3.8) is 0 Å². The normalized spacial score (nSPS) is 15.8. The highest BCUT2D eigenvalue weighted by molar-refractivity contribution is 5.60. The topological polar surface area (TPSA) is 102 Å². The summed E-state index contributed by atoms with van der Waals surface area (Å²) in [4.78, 5) is 18.5. The van der Waals surface area contributed by atoms with Gasteiger partial charge in [-0.25, -0.2) is 0 Å². The summed E-state index contributed by atoms with van der Waals surface area (Å²) in [5, 5.41) is 10.8. The van der Waals surface area contributed by atoms with Gasteiger partial charge in [0.15, 0.2) is 0 Å². The number of benzene rings is 1. The van der Waals surface area contributed by atoms with Crippen molar-refractivity contribution >= 4 is 5.82 Å². The molecule has 0 amide bonds. The summed E-state index contributed by atoms with van der Waals surface area (Å²) in [7, 11) is 0. The number of nitrogens with zero attached hydrogens (tertiary/aromatic N) is 4. The van der Waals surface area contributed by atoms with Crippen LogP contribution in [0, 0.1) is 10.1 Å². The Bertz CT molecular complexity index is 1080. The molecule has 0 bridgehead atoms. The minimum absolute atomic E-state index is 0.156. The Labute approximate surface area is 173 Å². The van der Waals surface area contributed by atoms with Gasteiger partial charge in [0.1, 0.15) is 24.7 Å². The second-order valence-corrected chi connectivity index (χ2v) is 6.62. The van der Waals surface area contributed by atoms with Crippen LogP contribution in [0.2, 0.25) is 0 Å². The highest BCUT2D eigenvalue weighted by Crippen LogP contribution is 2.26. The highest BCUT2D eigenvalue weighted by atomic mass is 19.4. The Morgan fingerprint density at radius 3 is 2.68 bits per heavy atom. The van der Waals surface area contributed by atoms with Crippen molar-refractivity contribution in [1.82, 2.24) is 14.5 Å². The van der Waals surface area contributed by atoms with Crippen LogP contribution in [0.4, 0.5) is 19.0 Å². The maximum absolute atomic E-state index is 12.3. The first kappa shape index (κ1) is 20.6. The molecule has 1 aliphatic rings. The molecule has 31 heavy (non-hydrogen) atoms. The van der Waals surface area contributed by atoms with E-state index in [-0.39, 0.29) is 36.9 Å². The first-order valence-electron chi connectivity index (χ1n) is 9.05. The zero-order chi connectivity index (χ0) is 22.0. The SMILES string of the molecule is O=[N+]([O-])c1cn2c(n1)OC[C@H](OCc1cccc(-c3ccc(OC(F)(F)F)cc3)n1)C2. The van der Waals surface area contributed by atoms with E-state index in [2.05, 4.69) is 14.7 Å². The van der Waals surface area contributed by atoms with Crippen molar-refractivity contribution in [3.05, 3.63) is 64.5 Å². The van der Waals surface area contributed by atoms with Gasteiger partial charge in [-0.2, -0.15) is 0 Å². The van der Waals surface area contributed by atoms with E-state index >= 15 is 0 Å². The Morgan fingerprint density at radius 1 is 1.19 bits per heavy atom. The van der Waals surface area contributed by atoms with E-state index in [0.29, 0.717) is 23.5 Å². The van der Waals surface area contributed by atoms with Crippen molar-refractivity contribution in [2.45, 2.75) is 25.6 Å². The van der Waals surface area contributed by atoms with E-state index in [0.717, 1.165) is 0 Å². The van der Waals surface area contributed by atoms with Gasteiger partial charge in [0.25, 0.3) is 0 Å². The number of alkyl halides is 3. The molecule has 0 saturated heterocycles. The summed E-state index contributed by atoms with van der Waals surface area (Å²) in [5.41, 5.74) is 1.79. The molecular formula is C19H15F3N4O5. The minimum atomic E-state index is -4.75. The monoisotopic (exact) mass is 436 g/mol. The third-order valence-corrected chi connectivity index (χ3v) is 4.37. The Kier molecular flexibility index (Phi) is 5.46. The molecule has 162 valence electrons. The number of nitro groups is 1. The van der Waals surface area contributed by atoms with Crippen molar-refractivity contribution in [2.24, 2.45) is 0 Å². The Morgan fingerprint density at radius 2 is 1.97 bits per heavy atom. The molecule has 3 heterocycles. The lowest BCUT2D eigenvalue weighted by Crippen LogP contribution is -2.32. The van der Waals surface area contributed by atoms with Gasteiger partial charge in [0.05, 0.1) is 24.5 Å². The summed E-state index contributed by atoms with van der Waals surface area (Å²) >= 11 is 0. The number of rotatable bonds is 6. The number of fused-ring (bicyclic) bond motifs is 1. The maximum Gasteiger partial charge on any atom is 0.573 e. The van der Waals surface area contributed by atoms with Crippen molar-refractivity contribution < 1.29 is 32.3 Å². The van der Waals surface area contributed by atoms with Crippen LogP contribution < -0.4 is 9.47 Å². The molecule has 0 N–H and O–H groups in total. The summed E-state index contributed by atoms with van der Waals surface area (Å²) in [6.07, 6.45) is -3.82. The standard InChI is InChI=1S/C19H15F3N4O5/c20-19(21,22)31-14-6-4-12(5-7-14)16-3-1-2-13(23-16)10-29-15-8-25-9-17(26(27)28)24-18(25)30-11-15/h1-7,9,15H,8,10-11H2/t15-/m1/s1. The minimum Gasteiger partial charge on any atom is -0.443 e. The lowest BCUT2D eigenvalue weighted by Gasteiger charge is -2.22. The fourth-order valence-electron chi connectivity index (χ4n) is 3.01. The molecule has 12 heteroatoms. The number of imidazole rings is 1. The average Bonchev–Trinajstić information content (AvgIpc) is 3.16. The molecule has 2 aromatic heterocycles. The average molecular weight is 436 g/mol. The van der Waals surface area contributed by atoms with Gasteiger partial charge in [-0.05, 0) is 41.3 Å². The number of hydrogen-bond acceptors (Lipinski definition) is 7. The molecule has 0 unspecified atom stereocenters. The predicted octanol–water partition coefficient (Wildman–Crippen LogP) is 3.73. The van der Waals surface area contributed by atoms with Crippen LogP contribution in [0.15, 0.2) is 48.7 Å². The van der Waals surface area contributed by atoms with Crippen molar-refractivity contribution in [3.8, 4) is 23.0 Å². The van der Waals surface area contributed by atoms with Gasteiger partial charge in [0, 0.05) is 10.5 Å². The van der Waals surface area contributed by atoms with Gasteiger partial charge in [-0.3, -0.25) is 9.55 Å². The molecule has 1 atom stereocenters. The fraction of sp³-hybridized carbons (Fsp3) is 0.263. The van der Waals surface area contributed by atoms with E-state index in [1.54, 1.807) is 18.2 Å². The third kappa shape index (κ3) is 5.09. The zero-order valence-electron chi connectivity index (χ0n) is 15.8. The van der Waals surface area contributed by atoms with E-state index in [4.69, 9.17) is 9.47 Å². The third-order valence-electron chi connectivity index (χ3n) is 4.37. The van der Waals surface area contributed by atoms with Gasteiger partial charge in [-0.15, -0.1) is 13.2 Å². The lowest BCUT2D eigenvalue weighted by atomic mass is 10.1. The molecule has 1 aliphatic heterocycles. The molecule has 0 saturated carbocycles. The highest BCUT2D eigenvalue weighted by Gasteiger charge is 2.31. The van der Waals surface area contributed by atoms with Crippen LogP contribution >= 0.6 is 0 Å². The number of halogens is 3. The van der Waals surface area contributed by atoms with Crippen LogP contribution in [0.25, 0.3) is 11.3 Å². The molecule has 1 aromatic carbocycles. The van der Waals surface area contributed by atoms with Gasteiger partial charge >= 0.3 is 18.2 Å². The first-order valence-corrected chi connectivity index (χ1v) is 9.05. The second-order valence-electron chi connectivity index (χ2n) is 6.62. The van der Waals surface area contributed by atoms with Crippen molar-refractivity contribution in [2.75, 3.05) is 6.61 Å². The van der Waals surface area contributed by atoms with Crippen LogP contribution in [0.1, 0.15) is 5.69 Å². The molecule has 0 radical (unpaired) electrons. The first-order chi connectivity index (χ1) is 14.8. The van der Waals surface area contributed by atoms with Crippen LogP contribution in [0.5, 0.6) is 11.8 Å². The summed E-state index contributed by atoms with van der Waals surface area (Å²) in [6, 6.07) is 10.8. The fourth-order valence-corrected chi connectivity index (χ4v) is 3.01. The quantitative estimate of drug-likeness (QED) is 0.429. The second kappa shape index (κ2) is 8.22. The predicted molar refractivity (Wildman–Crippen MR) is 99.3 cm³/mol. The van der Waals surface area contributed by atoms with E-state index in [1.807, 2.05) is 0 Å². The molecule has 0 fully saturated rings. The molecule has 0 spiro atoms. The number of pyridine rings is 1. The van der Waals surface area contributed by atoms with Crippen molar-refractivity contribution in [1.29, 1.82) is 0 Å².